The second-order valence-electron chi connectivity index (χ2n) is 4.60. The van der Waals surface area contributed by atoms with Gasteiger partial charge < -0.3 is 14.6 Å². The lowest BCUT2D eigenvalue weighted by molar-refractivity contribution is -0.162. The van der Waals surface area contributed by atoms with Gasteiger partial charge in [-0.3, -0.25) is 14.5 Å². The molecule has 0 radical (unpaired) electrons. The van der Waals surface area contributed by atoms with Crippen molar-refractivity contribution in [2.24, 2.45) is 0 Å². The Bertz CT molecular complexity index is 649. The van der Waals surface area contributed by atoms with Crippen molar-refractivity contribution in [3.8, 4) is 0 Å². The number of β-lactam (4-membered cyclic amide) rings is 1. The summed E-state index contributed by atoms with van der Waals surface area (Å²) in [4.78, 5) is 34.6. The summed E-state index contributed by atoms with van der Waals surface area (Å²) in [5.41, 5.74) is -0.605. The minimum absolute atomic E-state index is 0.142. The van der Waals surface area contributed by atoms with Gasteiger partial charge in [0.05, 0.1) is 5.75 Å². The number of fused-ring (bicyclic) bond motifs is 1. The first-order valence-electron chi connectivity index (χ1n) is 5.86. The SMILES string of the molecule is COC1C(=O)N2C(C(=O)O)=C(COC(C)=O)CS(=O)(=O)C12. The minimum Gasteiger partial charge on any atom is -0.477 e. The maximum Gasteiger partial charge on any atom is 0.352 e. The Hall–Kier alpha value is -1.94. The molecule has 1 N–H and O–H groups in total. The number of carbonyl (C=O) groups excluding carboxylic acids is 2. The van der Waals surface area contributed by atoms with Gasteiger partial charge in [0.2, 0.25) is 0 Å². The Morgan fingerprint density at radius 3 is 2.52 bits per heavy atom. The molecule has 0 aromatic rings. The van der Waals surface area contributed by atoms with E-state index < -0.39 is 57.2 Å². The number of sulfone groups is 1. The molecule has 2 atom stereocenters. The van der Waals surface area contributed by atoms with E-state index in [0.717, 1.165) is 6.92 Å². The first-order valence-corrected chi connectivity index (χ1v) is 7.58. The fraction of sp³-hybridized carbons (Fsp3) is 0.545. The molecule has 0 aromatic carbocycles. The number of carboxylic acids is 1. The van der Waals surface area contributed by atoms with Crippen molar-refractivity contribution < 1.29 is 37.4 Å². The standard InChI is InChI=1S/C11H13NO8S/c1-5(13)20-3-6-4-21(17,18)10-8(19-2)9(14)12(10)7(6)11(15)16/h8,10H,3-4H2,1-2H3,(H,15,16). The van der Waals surface area contributed by atoms with Gasteiger partial charge in [0.15, 0.2) is 21.3 Å². The molecule has 1 saturated heterocycles. The summed E-state index contributed by atoms with van der Waals surface area (Å²) in [6.07, 6.45) is -1.21. The van der Waals surface area contributed by atoms with Crippen LogP contribution in [0.25, 0.3) is 0 Å². The first-order chi connectivity index (χ1) is 9.70. The zero-order valence-corrected chi connectivity index (χ0v) is 12.0. The second kappa shape index (κ2) is 5.11. The maximum absolute atomic E-state index is 12.1. The van der Waals surface area contributed by atoms with Crippen LogP contribution in [0.1, 0.15) is 6.92 Å². The van der Waals surface area contributed by atoms with Crippen LogP contribution in [0.15, 0.2) is 11.3 Å². The van der Waals surface area contributed by atoms with Crippen LogP contribution in [0.3, 0.4) is 0 Å². The molecule has 2 rings (SSSR count). The van der Waals surface area contributed by atoms with Crippen molar-refractivity contribution in [2.75, 3.05) is 19.5 Å². The molecule has 21 heavy (non-hydrogen) atoms. The largest absolute Gasteiger partial charge is 0.477 e. The van der Waals surface area contributed by atoms with Gasteiger partial charge in [-0.2, -0.15) is 0 Å². The van der Waals surface area contributed by atoms with Crippen molar-refractivity contribution in [1.29, 1.82) is 0 Å². The number of carbonyl (C=O) groups is 3. The van der Waals surface area contributed by atoms with E-state index in [-0.39, 0.29) is 5.57 Å². The van der Waals surface area contributed by atoms with Crippen LogP contribution < -0.4 is 0 Å². The van der Waals surface area contributed by atoms with Gasteiger partial charge in [-0.25, -0.2) is 13.2 Å². The zero-order chi connectivity index (χ0) is 15.9. The van der Waals surface area contributed by atoms with Crippen LogP contribution in [0.5, 0.6) is 0 Å². The normalized spacial score (nSPS) is 27.0. The van der Waals surface area contributed by atoms with Crippen molar-refractivity contribution >= 4 is 27.7 Å². The van der Waals surface area contributed by atoms with Crippen molar-refractivity contribution in [1.82, 2.24) is 4.90 Å². The van der Waals surface area contributed by atoms with Crippen molar-refractivity contribution in [3.63, 3.8) is 0 Å². The summed E-state index contributed by atoms with van der Waals surface area (Å²) in [6.45, 7) is 0.612. The predicted octanol–water partition coefficient (Wildman–Crippen LogP) is -1.50. The molecule has 1 fully saturated rings. The van der Waals surface area contributed by atoms with Crippen LogP contribution in [-0.2, 0) is 33.7 Å². The summed E-state index contributed by atoms with van der Waals surface area (Å²) >= 11 is 0. The van der Waals surface area contributed by atoms with E-state index in [9.17, 15) is 27.9 Å². The number of nitrogens with zero attached hydrogens (tertiary/aromatic N) is 1. The van der Waals surface area contributed by atoms with Crippen LogP contribution in [0, 0.1) is 0 Å². The van der Waals surface area contributed by atoms with E-state index in [1.54, 1.807) is 0 Å². The van der Waals surface area contributed by atoms with Crippen molar-refractivity contribution in [2.45, 2.75) is 18.4 Å². The van der Waals surface area contributed by atoms with Gasteiger partial charge in [-0.15, -0.1) is 0 Å². The summed E-state index contributed by atoms with van der Waals surface area (Å²) in [7, 11) is -2.64. The minimum atomic E-state index is -3.81. The predicted molar refractivity (Wildman–Crippen MR) is 66.5 cm³/mol. The average molecular weight is 319 g/mol. The second-order valence-corrected chi connectivity index (χ2v) is 6.70. The average Bonchev–Trinajstić information content (AvgIpc) is 2.36. The number of aliphatic carboxylic acids is 1. The molecule has 0 spiro atoms. The highest BCUT2D eigenvalue weighted by Gasteiger charge is 2.60. The summed E-state index contributed by atoms with van der Waals surface area (Å²) in [5.74, 6) is -3.49. The Kier molecular flexibility index (Phi) is 3.76. The Morgan fingerprint density at radius 2 is 2.05 bits per heavy atom. The Labute approximate surface area is 120 Å². The van der Waals surface area contributed by atoms with Gasteiger partial charge in [0.1, 0.15) is 12.3 Å². The number of esters is 1. The number of carboxylic acid groups (broad SMARTS) is 1. The van der Waals surface area contributed by atoms with E-state index in [4.69, 9.17) is 4.74 Å². The zero-order valence-electron chi connectivity index (χ0n) is 11.2. The molecule has 0 aromatic heterocycles. The number of amides is 1. The van der Waals surface area contributed by atoms with Crippen molar-refractivity contribution in [3.05, 3.63) is 11.3 Å². The monoisotopic (exact) mass is 319 g/mol. The molecule has 1 amide bonds. The van der Waals surface area contributed by atoms with Gasteiger partial charge in [-0.1, -0.05) is 0 Å². The molecular formula is C11H13NO8S. The van der Waals surface area contributed by atoms with Gasteiger partial charge >= 0.3 is 11.9 Å². The molecule has 2 unspecified atom stereocenters. The lowest BCUT2D eigenvalue weighted by Crippen LogP contribution is -2.70. The van der Waals surface area contributed by atoms with E-state index in [2.05, 4.69) is 4.74 Å². The highest BCUT2D eigenvalue weighted by Crippen LogP contribution is 2.37. The number of ether oxygens (including phenoxy) is 2. The highest BCUT2D eigenvalue weighted by atomic mass is 32.2. The number of hydrogen-bond donors (Lipinski definition) is 1. The smallest absolute Gasteiger partial charge is 0.352 e. The van der Waals surface area contributed by atoms with E-state index in [0.29, 0.717) is 4.90 Å². The Morgan fingerprint density at radius 1 is 1.43 bits per heavy atom. The fourth-order valence-electron chi connectivity index (χ4n) is 2.36. The van der Waals surface area contributed by atoms with Crippen LogP contribution in [-0.4, -0.2) is 67.2 Å². The first kappa shape index (κ1) is 15.4. The third kappa shape index (κ3) is 2.40. The molecule has 10 heteroatoms. The summed E-state index contributed by atoms with van der Waals surface area (Å²) in [5, 5.41) is 7.87. The lowest BCUT2D eigenvalue weighted by Gasteiger charge is -2.48. The third-order valence-corrected chi connectivity index (χ3v) is 5.16. The molecule has 0 saturated carbocycles. The summed E-state index contributed by atoms with van der Waals surface area (Å²) < 4.78 is 33.7. The molecule has 116 valence electrons. The highest BCUT2D eigenvalue weighted by molar-refractivity contribution is 7.92. The topological polar surface area (TPSA) is 127 Å². The molecule has 2 heterocycles. The van der Waals surface area contributed by atoms with E-state index >= 15 is 0 Å². The number of hydrogen-bond acceptors (Lipinski definition) is 7. The quantitative estimate of drug-likeness (QED) is 0.490. The van der Waals surface area contributed by atoms with E-state index in [1.165, 1.54) is 7.11 Å². The number of rotatable bonds is 4. The molecule has 2 aliphatic rings. The number of methoxy groups -OCH3 is 1. The van der Waals surface area contributed by atoms with Crippen LogP contribution >= 0.6 is 0 Å². The Balaban J connectivity index is 2.46. The van der Waals surface area contributed by atoms with Crippen LogP contribution in [0.4, 0.5) is 0 Å². The summed E-state index contributed by atoms with van der Waals surface area (Å²) in [6, 6.07) is 0. The maximum atomic E-state index is 12.1. The van der Waals surface area contributed by atoms with E-state index in [1.807, 2.05) is 0 Å². The molecule has 2 aliphatic heterocycles. The van der Waals surface area contributed by atoms with Gasteiger partial charge in [0, 0.05) is 19.6 Å². The molecule has 9 nitrogen and oxygen atoms in total. The molecular weight excluding hydrogens is 306 g/mol. The fourth-order valence-corrected chi connectivity index (χ4v) is 4.37. The molecule has 0 bridgehead atoms. The third-order valence-electron chi connectivity index (χ3n) is 3.22. The molecule has 0 aliphatic carbocycles. The van der Waals surface area contributed by atoms with Gasteiger partial charge in [-0.05, 0) is 0 Å². The van der Waals surface area contributed by atoms with Gasteiger partial charge in [0.25, 0.3) is 5.91 Å². The van der Waals surface area contributed by atoms with Crippen LogP contribution in [0.2, 0.25) is 0 Å². The lowest BCUT2D eigenvalue weighted by atomic mass is 10.1.